The molecule has 3 N–H and O–H groups in total. The monoisotopic (exact) mass is 1240 g/mol. The number of rotatable bonds is 65. The zero-order valence-electron chi connectivity index (χ0n) is 54.0. The maximum atomic E-state index is 13.0. The van der Waals surface area contributed by atoms with Gasteiger partial charge in [0.25, 0.3) is 0 Å². The molecule has 0 heterocycles. The number of hydrogen-bond donors (Lipinski definition) is 3. The number of phosphoric acid groups is 2. The van der Waals surface area contributed by atoms with Gasteiger partial charge in [0.1, 0.15) is 19.3 Å². The van der Waals surface area contributed by atoms with Crippen LogP contribution < -0.4 is 0 Å². The molecule has 498 valence electrons. The fraction of sp³-hybridized carbons (Fsp3) is 0.938. The summed E-state index contributed by atoms with van der Waals surface area (Å²) in [6, 6.07) is 0. The number of ether oxygens (including phenoxy) is 4. The lowest BCUT2D eigenvalue weighted by Gasteiger charge is -2.21. The third-order valence-corrected chi connectivity index (χ3v) is 16.9. The lowest BCUT2D eigenvalue weighted by molar-refractivity contribution is -0.161. The normalized spacial score (nSPS) is 14.2. The smallest absolute Gasteiger partial charge is 0.462 e. The Balaban J connectivity index is 5.12. The summed E-state index contributed by atoms with van der Waals surface area (Å²) < 4.78 is 67.9. The highest BCUT2D eigenvalue weighted by molar-refractivity contribution is 7.47. The van der Waals surface area contributed by atoms with Crippen LogP contribution in [-0.2, 0) is 65.4 Å². The Morgan fingerprint density at radius 3 is 0.810 bits per heavy atom. The van der Waals surface area contributed by atoms with Gasteiger partial charge in [-0.15, -0.1) is 0 Å². The summed E-state index contributed by atoms with van der Waals surface area (Å²) >= 11 is 0. The minimum atomic E-state index is -4.94. The summed E-state index contributed by atoms with van der Waals surface area (Å²) in [4.78, 5) is 72.0. The first-order valence-electron chi connectivity index (χ1n) is 34.1. The predicted octanol–water partition coefficient (Wildman–Crippen LogP) is 18.2. The van der Waals surface area contributed by atoms with E-state index < -0.39 is 97.5 Å². The summed E-state index contributed by atoms with van der Waals surface area (Å²) in [7, 11) is -9.88. The maximum Gasteiger partial charge on any atom is 0.472 e. The topological polar surface area (TPSA) is 237 Å². The molecule has 19 heteroatoms. The molecule has 0 bridgehead atoms. The highest BCUT2D eigenvalue weighted by atomic mass is 31.2. The van der Waals surface area contributed by atoms with Gasteiger partial charge in [-0.2, -0.15) is 0 Å². The number of carbonyl (C=O) groups is 4. The number of aliphatic hydroxyl groups excluding tert-OH is 1. The second kappa shape index (κ2) is 58.7. The molecule has 0 amide bonds. The van der Waals surface area contributed by atoms with E-state index in [9.17, 15) is 43.2 Å². The molecule has 84 heavy (non-hydrogen) atoms. The van der Waals surface area contributed by atoms with Crippen LogP contribution in [0.5, 0.6) is 0 Å². The van der Waals surface area contributed by atoms with E-state index in [1.807, 2.05) is 0 Å². The molecule has 0 spiro atoms. The summed E-state index contributed by atoms with van der Waals surface area (Å²) in [5.41, 5.74) is 0. The lowest BCUT2D eigenvalue weighted by Crippen LogP contribution is -2.30. The SMILES string of the molecule is CCCCCCCCCCCC(=O)OC[C@H](COP(=O)(O)OC[C@@H](O)COP(=O)(O)OC[C@@H](COC(=O)CCCCCCCCCC)OC(=O)CCCCCCCCCC)OC(=O)CCCCCCCCCCCCCCCCCCC(C)C. The van der Waals surface area contributed by atoms with Gasteiger partial charge in [-0.1, -0.05) is 279 Å². The van der Waals surface area contributed by atoms with Crippen molar-refractivity contribution in [2.24, 2.45) is 5.92 Å². The molecule has 0 aliphatic carbocycles. The molecule has 0 rings (SSSR count). The fourth-order valence-electron chi connectivity index (χ4n) is 9.76. The van der Waals surface area contributed by atoms with Crippen molar-refractivity contribution in [3.05, 3.63) is 0 Å². The molecule has 0 aliphatic heterocycles. The Kier molecular flexibility index (Phi) is 57.4. The molecular weight excluding hydrogens is 1110 g/mol. The van der Waals surface area contributed by atoms with Gasteiger partial charge in [0, 0.05) is 25.7 Å². The Labute approximate surface area is 511 Å². The van der Waals surface area contributed by atoms with Crippen molar-refractivity contribution >= 4 is 39.5 Å². The van der Waals surface area contributed by atoms with Crippen LogP contribution in [0.15, 0.2) is 0 Å². The van der Waals surface area contributed by atoms with Crippen molar-refractivity contribution in [1.82, 2.24) is 0 Å². The fourth-order valence-corrected chi connectivity index (χ4v) is 11.3. The minimum absolute atomic E-state index is 0.105. The van der Waals surface area contributed by atoms with Crippen molar-refractivity contribution in [2.45, 2.75) is 348 Å². The van der Waals surface area contributed by atoms with E-state index in [0.29, 0.717) is 25.7 Å². The second-order valence-electron chi connectivity index (χ2n) is 24.0. The van der Waals surface area contributed by atoms with Crippen LogP contribution >= 0.6 is 15.6 Å². The molecule has 0 aliphatic rings. The summed E-state index contributed by atoms with van der Waals surface area (Å²) in [6.07, 6.45) is 43.2. The number of hydrogen-bond acceptors (Lipinski definition) is 15. The molecule has 0 fully saturated rings. The largest absolute Gasteiger partial charge is 0.472 e. The van der Waals surface area contributed by atoms with E-state index in [1.54, 1.807) is 0 Å². The Morgan fingerprint density at radius 2 is 0.548 bits per heavy atom. The van der Waals surface area contributed by atoms with E-state index in [1.165, 1.54) is 141 Å². The Hall–Kier alpha value is -1.94. The highest BCUT2D eigenvalue weighted by Gasteiger charge is 2.30. The van der Waals surface area contributed by atoms with E-state index in [-0.39, 0.29) is 25.7 Å². The van der Waals surface area contributed by atoms with Crippen LogP contribution in [-0.4, -0.2) is 96.7 Å². The van der Waals surface area contributed by atoms with Gasteiger partial charge in [-0.3, -0.25) is 37.3 Å². The molecule has 5 atom stereocenters. The van der Waals surface area contributed by atoms with Gasteiger partial charge < -0.3 is 33.8 Å². The average molecular weight is 1240 g/mol. The average Bonchev–Trinajstić information content (AvgIpc) is 3.65. The molecule has 2 unspecified atom stereocenters. The zero-order valence-corrected chi connectivity index (χ0v) is 55.8. The standard InChI is InChI=1S/C65H126O17P2/c1-6-9-12-15-18-29-35-39-44-49-63(68)76-55-61(82-65(70)51-46-41-36-31-28-26-24-22-21-23-25-27-30-32-37-42-47-58(4)5)57-80-84(73,74)78-53-59(66)52-77-83(71,72)79-56-60(81-64(69)50-45-40-34-20-17-14-11-8-3)54-75-62(67)48-43-38-33-19-16-13-10-7-2/h58-61,66H,6-57H2,1-5H3,(H,71,72)(H,73,74)/t59-,60+,61+/m0/s1. The van der Waals surface area contributed by atoms with Crippen LogP contribution in [0.3, 0.4) is 0 Å². The molecular formula is C65H126O17P2. The number of carbonyl (C=O) groups excluding carboxylic acids is 4. The lowest BCUT2D eigenvalue weighted by atomic mass is 10.0. The molecule has 0 aromatic heterocycles. The number of esters is 4. The van der Waals surface area contributed by atoms with Crippen molar-refractivity contribution in [1.29, 1.82) is 0 Å². The Bertz CT molecular complexity index is 1640. The van der Waals surface area contributed by atoms with Gasteiger partial charge >= 0.3 is 39.5 Å². The van der Waals surface area contributed by atoms with Crippen molar-refractivity contribution < 1.29 is 80.2 Å². The predicted molar refractivity (Wildman–Crippen MR) is 335 cm³/mol. The Morgan fingerprint density at radius 1 is 0.321 bits per heavy atom. The first-order valence-corrected chi connectivity index (χ1v) is 37.1. The molecule has 0 radical (unpaired) electrons. The van der Waals surface area contributed by atoms with Crippen molar-refractivity contribution in [3.63, 3.8) is 0 Å². The van der Waals surface area contributed by atoms with Crippen LogP contribution in [0.25, 0.3) is 0 Å². The first-order chi connectivity index (χ1) is 40.5. The molecule has 17 nitrogen and oxygen atoms in total. The third kappa shape index (κ3) is 59.0. The van der Waals surface area contributed by atoms with Crippen LogP contribution in [0, 0.1) is 5.92 Å². The van der Waals surface area contributed by atoms with Gasteiger partial charge in [0.15, 0.2) is 12.2 Å². The van der Waals surface area contributed by atoms with Crippen LogP contribution in [0.2, 0.25) is 0 Å². The minimum Gasteiger partial charge on any atom is -0.462 e. The zero-order chi connectivity index (χ0) is 62.0. The van der Waals surface area contributed by atoms with E-state index in [0.717, 1.165) is 109 Å². The van der Waals surface area contributed by atoms with E-state index in [4.69, 9.17) is 37.0 Å². The van der Waals surface area contributed by atoms with Crippen molar-refractivity contribution in [2.75, 3.05) is 39.6 Å². The van der Waals surface area contributed by atoms with Crippen LogP contribution in [0.1, 0.15) is 330 Å². The van der Waals surface area contributed by atoms with Crippen LogP contribution in [0.4, 0.5) is 0 Å². The van der Waals surface area contributed by atoms with E-state index >= 15 is 0 Å². The number of unbranched alkanes of at least 4 members (excludes halogenated alkanes) is 37. The maximum absolute atomic E-state index is 13.0. The second-order valence-corrected chi connectivity index (χ2v) is 26.9. The molecule has 0 aromatic carbocycles. The number of phosphoric ester groups is 2. The quantitative estimate of drug-likeness (QED) is 0.0222. The first kappa shape index (κ1) is 82.1. The van der Waals surface area contributed by atoms with Gasteiger partial charge in [-0.05, 0) is 31.6 Å². The van der Waals surface area contributed by atoms with E-state index in [2.05, 4.69) is 34.6 Å². The number of aliphatic hydroxyl groups is 1. The van der Waals surface area contributed by atoms with Gasteiger partial charge in [-0.25, -0.2) is 9.13 Å². The van der Waals surface area contributed by atoms with Crippen molar-refractivity contribution in [3.8, 4) is 0 Å². The molecule has 0 saturated carbocycles. The summed E-state index contributed by atoms with van der Waals surface area (Å²) in [5.74, 6) is -1.33. The molecule has 0 aromatic rings. The summed E-state index contributed by atoms with van der Waals surface area (Å²) in [6.45, 7) is 7.16. The van der Waals surface area contributed by atoms with Gasteiger partial charge in [0.2, 0.25) is 0 Å². The summed E-state index contributed by atoms with van der Waals surface area (Å²) in [5, 5.41) is 10.5. The third-order valence-electron chi connectivity index (χ3n) is 15.0. The molecule has 0 saturated heterocycles. The highest BCUT2D eigenvalue weighted by Crippen LogP contribution is 2.45. The van der Waals surface area contributed by atoms with Gasteiger partial charge in [0.05, 0.1) is 26.4 Å².